The van der Waals surface area contributed by atoms with Crippen molar-refractivity contribution in [1.29, 1.82) is 0 Å². The van der Waals surface area contributed by atoms with Gasteiger partial charge in [-0.1, -0.05) is 44.2 Å². The summed E-state index contributed by atoms with van der Waals surface area (Å²) in [7, 11) is 0. The van der Waals surface area contributed by atoms with E-state index in [1.807, 2.05) is 6.07 Å². The first-order chi connectivity index (χ1) is 4.30. The van der Waals surface area contributed by atoms with Crippen molar-refractivity contribution >= 4 is 24.8 Å². The van der Waals surface area contributed by atoms with E-state index in [4.69, 9.17) is 0 Å². The number of halogens is 2. The molecule has 2 heteroatoms. The van der Waals surface area contributed by atoms with E-state index in [-0.39, 0.29) is 24.8 Å². The monoisotopic (exact) mass is 192 g/mol. The molecule has 11 heavy (non-hydrogen) atoms. The van der Waals surface area contributed by atoms with Crippen molar-refractivity contribution in [2.75, 3.05) is 0 Å². The molecule has 0 atom stereocenters. The molecular weight excluding hydrogens is 179 g/mol. The Bertz CT molecular complexity index is 170. The largest absolute Gasteiger partial charge is 0.147 e. The zero-order valence-electron chi connectivity index (χ0n) is 6.78. The van der Waals surface area contributed by atoms with Crippen LogP contribution in [0.3, 0.4) is 0 Å². The molecule has 0 aliphatic carbocycles. The zero-order chi connectivity index (χ0) is 6.69. The van der Waals surface area contributed by atoms with Gasteiger partial charge in [-0.25, -0.2) is 0 Å². The molecule has 1 rings (SSSR count). The highest BCUT2D eigenvalue weighted by molar-refractivity contribution is 5.85. The molecule has 0 nitrogen and oxygen atoms in total. The maximum absolute atomic E-state index is 2.20. The van der Waals surface area contributed by atoms with E-state index >= 15 is 0 Å². The average Bonchev–Trinajstić information content (AvgIpc) is 1.90. The van der Waals surface area contributed by atoms with Gasteiger partial charge in [0, 0.05) is 0 Å². The van der Waals surface area contributed by atoms with Crippen LogP contribution in [-0.2, 0) is 0 Å². The Morgan fingerprint density at radius 1 is 0.909 bits per heavy atom. The van der Waals surface area contributed by atoms with E-state index in [2.05, 4.69) is 38.1 Å². The Labute approximate surface area is 80.8 Å². The summed E-state index contributed by atoms with van der Waals surface area (Å²) >= 11 is 0. The maximum atomic E-state index is 2.20. The van der Waals surface area contributed by atoms with E-state index in [1.54, 1.807) is 0 Å². The van der Waals surface area contributed by atoms with Gasteiger partial charge in [0.05, 0.1) is 0 Å². The second-order valence-electron chi connectivity index (χ2n) is 2.57. The molecule has 0 aromatic heterocycles. The summed E-state index contributed by atoms with van der Waals surface area (Å²) in [6.45, 7) is 4.41. The van der Waals surface area contributed by atoms with Crippen molar-refractivity contribution in [3.63, 3.8) is 0 Å². The van der Waals surface area contributed by atoms with Crippen LogP contribution in [0, 0.1) is 0 Å². The Morgan fingerprint density at radius 2 is 1.36 bits per heavy atom. The molecule has 64 valence electrons. The molecule has 0 saturated carbocycles. The third-order valence-electron chi connectivity index (χ3n) is 1.47. The molecule has 0 amide bonds. The van der Waals surface area contributed by atoms with Crippen molar-refractivity contribution in [1.82, 2.24) is 0 Å². The Hall–Kier alpha value is -0.200. The number of hydrogen-bond acceptors (Lipinski definition) is 0. The van der Waals surface area contributed by atoms with Gasteiger partial charge in [0.15, 0.2) is 0 Å². The van der Waals surface area contributed by atoms with Crippen molar-refractivity contribution in [2.24, 2.45) is 0 Å². The summed E-state index contributed by atoms with van der Waals surface area (Å²) < 4.78 is 0. The quantitative estimate of drug-likeness (QED) is 0.638. The minimum absolute atomic E-state index is 0. The van der Waals surface area contributed by atoms with Crippen molar-refractivity contribution in [3.05, 3.63) is 35.9 Å². The summed E-state index contributed by atoms with van der Waals surface area (Å²) in [4.78, 5) is 0. The molecule has 0 unspecified atom stereocenters. The molecule has 0 fully saturated rings. The molecule has 0 spiro atoms. The molecule has 0 bridgehead atoms. The normalized spacial score (nSPS) is 8.27. The molecule has 0 aliphatic rings. The zero-order valence-corrected chi connectivity index (χ0v) is 8.41. The molecule has 0 N–H and O–H groups in total. The minimum atomic E-state index is 0. The van der Waals surface area contributed by atoms with Crippen molar-refractivity contribution < 1.29 is 0 Å². The average molecular weight is 193 g/mol. The van der Waals surface area contributed by atoms with Crippen LogP contribution in [0.4, 0.5) is 0 Å². The first-order valence-corrected chi connectivity index (χ1v) is 3.35. The summed E-state index contributed by atoms with van der Waals surface area (Å²) in [6, 6.07) is 10.5. The SMILES string of the molecule is CC(C)c1ccccc1.Cl.Cl. The molecule has 1 aromatic carbocycles. The van der Waals surface area contributed by atoms with E-state index < -0.39 is 0 Å². The van der Waals surface area contributed by atoms with Crippen LogP contribution < -0.4 is 0 Å². The smallest absolute Gasteiger partial charge is 0.0219 e. The highest BCUT2D eigenvalue weighted by atomic mass is 35.5. The molecule has 0 saturated heterocycles. The Balaban J connectivity index is 0. The fraction of sp³-hybridized carbons (Fsp3) is 0.333. The van der Waals surface area contributed by atoms with Gasteiger partial charge in [0.2, 0.25) is 0 Å². The minimum Gasteiger partial charge on any atom is -0.147 e. The standard InChI is InChI=1S/C9H12.2ClH/c1-8(2)9-6-4-3-5-7-9;;/h3-8H,1-2H3;2*1H. The van der Waals surface area contributed by atoms with Crippen LogP contribution in [0.2, 0.25) is 0 Å². The lowest BCUT2D eigenvalue weighted by Gasteiger charge is -2.01. The number of rotatable bonds is 1. The fourth-order valence-electron chi connectivity index (χ4n) is 0.838. The van der Waals surface area contributed by atoms with Crippen LogP contribution in [0.25, 0.3) is 0 Å². The molecular formula is C9H14Cl2. The van der Waals surface area contributed by atoms with E-state index in [0.29, 0.717) is 5.92 Å². The van der Waals surface area contributed by atoms with Crippen LogP contribution in [0.15, 0.2) is 30.3 Å². The van der Waals surface area contributed by atoms with Gasteiger partial charge in [-0.15, -0.1) is 24.8 Å². The van der Waals surface area contributed by atoms with Crippen LogP contribution >= 0.6 is 24.8 Å². The second-order valence-corrected chi connectivity index (χ2v) is 2.57. The topological polar surface area (TPSA) is 0 Å². The number of hydrogen-bond donors (Lipinski definition) is 0. The Morgan fingerprint density at radius 3 is 1.64 bits per heavy atom. The van der Waals surface area contributed by atoms with Gasteiger partial charge in [-0.3, -0.25) is 0 Å². The fourth-order valence-corrected chi connectivity index (χ4v) is 0.838. The first-order valence-electron chi connectivity index (χ1n) is 3.35. The van der Waals surface area contributed by atoms with Gasteiger partial charge in [-0.2, -0.15) is 0 Å². The van der Waals surface area contributed by atoms with E-state index in [1.165, 1.54) is 5.56 Å². The lowest BCUT2D eigenvalue weighted by atomic mass is 10.0. The van der Waals surface area contributed by atoms with Gasteiger partial charge in [-0.05, 0) is 11.5 Å². The van der Waals surface area contributed by atoms with Gasteiger partial charge >= 0.3 is 0 Å². The highest BCUT2D eigenvalue weighted by Gasteiger charge is 1.93. The van der Waals surface area contributed by atoms with E-state index in [9.17, 15) is 0 Å². The van der Waals surface area contributed by atoms with Crippen LogP contribution in [0.5, 0.6) is 0 Å². The third-order valence-corrected chi connectivity index (χ3v) is 1.47. The summed E-state index contributed by atoms with van der Waals surface area (Å²) in [5.41, 5.74) is 1.41. The van der Waals surface area contributed by atoms with Gasteiger partial charge in [0.1, 0.15) is 0 Å². The molecule has 0 heterocycles. The highest BCUT2D eigenvalue weighted by Crippen LogP contribution is 2.11. The lowest BCUT2D eigenvalue weighted by Crippen LogP contribution is -1.83. The third kappa shape index (κ3) is 4.28. The van der Waals surface area contributed by atoms with E-state index in [0.717, 1.165) is 0 Å². The predicted octanol–water partition coefficient (Wildman–Crippen LogP) is 3.65. The van der Waals surface area contributed by atoms with Crippen LogP contribution in [0.1, 0.15) is 25.3 Å². The summed E-state index contributed by atoms with van der Waals surface area (Å²) in [5, 5.41) is 0. The predicted molar refractivity (Wildman–Crippen MR) is 55.0 cm³/mol. The summed E-state index contributed by atoms with van der Waals surface area (Å²) in [5.74, 6) is 0.659. The molecule has 0 aliphatic heterocycles. The van der Waals surface area contributed by atoms with Crippen molar-refractivity contribution in [3.8, 4) is 0 Å². The first kappa shape index (κ1) is 13.4. The van der Waals surface area contributed by atoms with Crippen molar-refractivity contribution in [2.45, 2.75) is 19.8 Å². The maximum Gasteiger partial charge on any atom is -0.0219 e. The number of benzene rings is 1. The van der Waals surface area contributed by atoms with Gasteiger partial charge in [0.25, 0.3) is 0 Å². The Kier molecular flexibility index (Phi) is 7.92. The van der Waals surface area contributed by atoms with Crippen LogP contribution in [-0.4, -0.2) is 0 Å². The lowest BCUT2D eigenvalue weighted by molar-refractivity contribution is 0.867. The summed E-state index contributed by atoms with van der Waals surface area (Å²) in [6.07, 6.45) is 0. The second kappa shape index (κ2) is 6.51. The molecule has 1 aromatic rings. The van der Waals surface area contributed by atoms with Gasteiger partial charge < -0.3 is 0 Å². The molecule has 0 radical (unpaired) electrons.